The number of hydrogen-bond donors (Lipinski definition) is 1. The molecule has 24 heavy (non-hydrogen) atoms. The molecule has 0 amide bonds. The largest absolute Gasteiger partial charge is 0.496 e. The van der Waals surface area contributed by atoms with Crippen molar-refractivity contribution >= 4 is 5.82 Å². The molecular weight excluding hydrogens is 309 g/mol. The second-order valence-electron chi connectivity index (χ2n) is 5.76. The lowest BCUT2D eigenvalue weighted by atomic mass is 10.1. The summed E-state index contributed by atoms with van der Waals surface area (Å²) >= 11 is 0. The van der Waals surface area contributed by atoms with Gasteiger partial charge in [-0.25, -0.2) is 9.37 Å². The van der Waals surface area contributed by atoms with E-state index in [2.05, 4.69) is 10.3 Å². The Morgan fingerprint density at radius 1 is 1.21 bits per heavy atom. The molecule has 0 radical (unpaired) electrons. The zero-order valence-corrected chi connectivity index (χ0v) is 14.0. The zero-order chi connectivity index (χ0) is 16.9. The van der Waals surface area contributed by atoms with Crippen LogP contribution in [0.15, 0.2) is 36.5 Å². The van der Waals surface area contributed by atoms with Crippen molar-refractivity contribution in [3.8, 4) is 11.5 Å². The highest BCUT2D eigenvalue weighted by molar-refractivity contribution is 5.45. The molecule has 6 heteroatoms. The molecule has 1 saturated heterocycles. The number of aromatic nitrogens is 1. The Hall–Kier alpha value is -2.34. The van der Waals surface area contributed by atoms with Crippen molar-refractivity contribution in [1.29, 1.82) is 0 Å². The predicted octanol–water partition coefficient (Wildman–Crippen LogP) is 2.61. The summed E-state index contributed by atoms with van der Waals surface area (Å²) in [5.74, 6) is 1.75. The number of benzene rings is 1. The quantitative estimate of drug-likeness (QED) is 0.882. The first-order valence-electron chi connectivity index (χ1n) is 8.01. The number of hydrogen-bond acceptors (Lipinski definition) is 5. The molecule has 3 rings (SSSR count). The summed E-state index contributed by atoms with van der Waals surface area (Å²) in [5, 5.41) is 3.51. The summed E-state index contributed by atoms with van der Waals surface area (Å²) in [6, 6.07) is 9.07. The van der Waals surface area contributed by atoms with E-state index in [1.807, 2.05) is 23.1 Å². The molecule has 0 bridgehead atoms. The van der Waals surface area contributed by atoms with Gasteiger partial charge in [0.15, 0.2) is 11.6 Å². The summed E-state index contributed by atoms with van der Waals surface area (Å²) in [6.07, 6.45) is 2.56. The monoisotopic (exact) mass is 331 g/mol. The van der Waals surface area contributed by atoms with Crippen LogP contribution in [0.25, 0.3) is 0 Å². The molecule has 128 valence electrons. The van der Waals surface area contributed by atoms with Gasteiger partial charge in [0.2, 0.25) is 0 Å². The van der Waals surface area contributed by atoms with E-state index in [-0.39, 0.29) is 11.9 Å². The van der Waals surface area contributed by atoms with E-state index in [4.69, 9.17) is 9.47 Å². The van der Waals surface area contributed by atoms with E-state index in [9.17, 15) is 4.39 Å². The maximum Gasteiger partial charge on any atom is 0.165 e. The highest BCUT2D eigenvalue weighted by atomic mass is 19.1. The minimum absolute atomic E-state index is 0.265. The fourth-order valence-electron chi connectivity index (χ4n) is 3.08. The normalized spacial score (nSPS) is 17.1. The van der Waals surface area contributed by atoms with Crippen molar-refractivity contribution in [3.63, 3.8) is 0 Å². The highest BCUT2D eigenvalue weighted by Crippen LogP contribution is 2.28. The maximum atomic E-state index is 13.9. The molecule has 1 fully saturated rings. The average molecular weight is 331 g/mol. The lowest BCUT2D eigenvalue weighted by molar-refractivity contribution is 0.380. The van der Waals surface area contributed by atoms with Gasteiger partial charge >= 0.3 is 0 Å². The van der Waals surface area contributed by atoms with E-state index in [0.29, 0.717) is 12.4 Å². The average Bonchev–Trinajstić information content (AvgIpc) is 3.08. The smallest absolute Gasteiger partial charge is 0.165 e. The standard InChI is InChI=1S/C18H22FN3O2/c1-23-16-6-3-7-17(24-2)14(16)11-21-13-8-10-22(12-13)18-15(19)5-4-9-20-18/h3-7,9,13,21H,8,10-12H2,1-2H3. The maximum absolute atomic E-state index is 13.9. The SMILES string of the molecule is COc1cccc(OC)c1CNC1CCN(c2ncccc2F)C1. The molecule has 1 aliphatic rings. The summed E-state index contributed by atoms with van der Waals surface area (Å²) in [5.41, 5.74) is 0.991. The molecule has 0 aliphatic carbocycles. The van der Waals surface area contributed by atoms with Gasteiger partial charge < -0.3 is 19.7 Å². The van der Waals surface area contributed by atoms with Gasteiger partial charge in [0, 0.05) is 37.4 Å². The minimum atomic E-state index is -0.274. The van der Waals surface area contributed by atoms with Crippen LogP contribution in [0.3, 0.4) is 0 Å². The Bertz CT molecular complexity index is 673. The van der Waals surface area contributed by atoms with Crippen LogP contribution in [-0.2, 0) is 6.54 Å². The molecule has 1 aliphatic heterocycles. The Morgan fingerprint density at radius 2 is 1.96 bits per heavy atom. The molecule has 2 heterocycles. The number of nitrogens with one attached hydrogen (secondary N) is 1. The number of anilines is 1. The first kappa shape index (κ1) is 16.5. The third kappa shape index (κ3) is 3.43. The fourth-order valence-corrected chi connectivity index (χ4v) is 3.08. The van der Waals surface area contributed by atoms with Crippen molar-refractivity contribution in [2.45, 2.75) is 19.0 Å². The van der Waals surface area contributed by atoms with Crippen LogP contribution in [0.2, 0.25) is 0 Å². The molecule has 1 unspecified atom stereocenters. The highest BCUT2D eigenvalue weighted by Gasteiger charge is 2.25. The number of pyridine rings is 1. The number of nitrogens with zero attached hydrogens (tertiary/aromatic N) is 2. The molecule has 1 aromatic heterocycles. The van der Waals surface area contributed by atoms with Crippen LogP contribution in [0.4, 0.5) is 10.2 Å². The minimum Gasteiger partial charge on any atom is -0.496 e. The summed E-state index contributed by atoms with van der Waals surface area (Å²) in [6.45, 7) is 2.15. The van der Waals surface area contributed by atoms with Crippen LogP contribution in [0.1, 0.15) is 12.0 Å². The van der Waals surface area contributed by atoms with Gasteiger partial charge in [-0.05, 0) is 30.7 Å². The van der Waals surface area contributed by atoms with Crippen molar-refractivity contribution in [3.05, 3.63) is 47.9 Å². The molecule has 1 aromatic carbocycles. The molecule has 0 saturated carbocycles. The lowest BCUT2D eigenvalue weighted by Crippen LogP contribution is -2.32. The third-order valence-corrected chi connectivity index (χ3v) is 4.32. The number of rotatable bonds is 6. The Balaban J connectivity index is 1.64. The van der Waals surface area contributed by atoms with Crippen LogP contribution in [-0.4, -0.2) is 38.3 Å². The molecule has 1 atom stereocenters. The second-order valence-corrected chi connectivity index (χ2v) is 5.76. The summed E-state index contributed by atoms with van der Waals surface area (Å²) in [4.78, 5) is 6.13. The van der Waals surface area contributed by atoms with E-state index >= 15 is 0 Å². The number of methoxy groups -OCH3 is 2. The molecule has 2 aromatic rings. The lowest BCUT2D eigenvalue weighted by Gasteiger charge is -2.19. The van der Waals surface area contributed by atoms with Crippen LogP contribution >= 0.6 is 0 Å². The molecule has 5 nitrogen and oxygen atoms in total. The predicted molar refractivity (Wildman–Crippen MR) is 91.2 cm³/mol. The van der Waals surface area contributed by atoms with Gasteiger partial charge in [0.05, 0.1) is 14.2 Å². The Kier molecular flexibility index (Phi) is 5.15. The molecule has 0 spiro atoms. The first-order valence-corrected chi connectivity index (χ1v) is 8.01. The fraction of sp³-hybridized carbons (Fsp3) is 0.389. The van der Waals surface area contributed by atoms with Crippen LogP contribution in [0.5, 0.6) is 11.5 Å². The summed E-state index contributed by atoms with van der Waals surface area (Å²) in [7, 11) is 3.30. The van der Waals surface area contributed by atoms with E-state index in [1.54, 1.807) is 26.5 Å². The molecular formula is C18H22FN3O2. The van der Waals surface area contributed by atoms with E-state index in [1.165, 1.54) is 6.07 Å². The van der Waals surface area contributed by atoms with E-state index in [0.717, 1.165) is 36.6 Å². The number of halogens is 1. The van der Waals surface area contributed by atoms with Gasteiger partial charge in [0.1, 0.15) is 11.5 Å². The topological polar surface area (TPSA) is 46.6 Å². The van der Waals surface area contributed by atoms with Crippen molar-refractivity contribution < 1.29 is 13.9 Å². The zero-order valence-electron chi connectivity index (χ0n) is 14.0. The molecule has 1 N–H and O–H groups in total. The van der Waals surface area contributed by atoms with Crippen molar-refractivity contribution in [2.75, 3.05) is 32.2 Å². The van der Waals surface area contributed by atoms with Gasteiger partial charge in [0.25, 0.3) is 0 Å². The second kappa shape index (κ2) is 7.49. The van der Waals surface area contributed by atoms with Crippen molar-refractivity contribution in [1.82, 2.24) is 10.3 Å². The third-order valence-electron chi connectivity index (χ3n) is 4.32. The Labute approximate surface area is 141 Å². The van der Waals surface area contributed by atoms with Crippen LogP contribution < -0.4 is 19.7 Å². The van der Waals surface area contributed by atoms with Crippen LogP contribution in [0, 0.1) is 5.82 Å². The van der Waals surface area contributed by atoms with Gasteiger partial charge in [-0.1, -0.05) is 6.07 Å². The summed E-state index contributed by atoms with van der Waals surface area (Å²) < 4.78 is 24.7. The number of ether oxygens (including phenoxy) is 2. The first-order chi connectivity index (χ1) is 11.7. The Morgan fingerprint density at radius 3 is 2.62 bits per heavy atom. The van der Waals surface area contributed by atoms with Gasteiger partial charge in [-0.3, -0.25) is 0 Å². The van der Waals surface area contributed by atoms with Crippen molar-refractivity contribution in [2.24, 2.45) is 0 Å². The van der Waals surface area contributed by atoms with Gasteiger partial charge in [-0.15, -0.1) is 0 Å². The van der Waals surface area contributed by atoms with Gasteiger partial charge in [-0.2, -0.15) is 0 Å². The van der Waals surface area contributed by atoms with E-state index < -0.39 is 0 Å².